The van der Waals surface area contributed by atoms with Gasteiger partial charge in [-0.1, -0.05) is 0 Å². The minimum atomic E-state index is -0.753. The van der Waals surface area contributed by atoms with Crippen molar-refractivity contribution in [2.45, 2.75) is 0 Å². The van der Waals surface area contributed by atoms with Gasteiger partial charge in [0.15, 0.2) is 11.6 Å². The van der Waals surface area contributed by atoms with Gasteiger partial charge in [-0.25, -0.2) is 18.9 Å². The number of halogens is 2. The summed E-state index contributed by atoms with van der Waals surface area (Å²) in [5.74, 6) is -1.19. The molecule has 0 unspecified atom stereocenters. The minimum Gasteiger partial charge on any atom is -0.336 e. The molecule has 0 atom stereocenters. The quantitative estimate of drug-likeness (QED) is 0.686. The Balaban J connectivity index is 2.22. The van der Waals surface area contributed by atoms with Crippen LogP contribution in [0.2, 0.25) is 0 Å². The van der Waals surface area contributed by atoms with Crippen LogP contribution >= 0.6 is 0 Å². The summed E-state index contributed by atoms with van der Waals surface area (Å²) < 4.78 is 26.5. The van der Waals surface area contributed by atoms with Gasteiger partial charge in [-0.2, -0.15) is 5.10 Å². The van der Waals surface area contributed by atoms with E-state index in [-0.39, 0.29) is 22.4 Å². The van der Waals surface area contributed by atoms with Gasteiger partial charge < -0.3 is 4.98 Å². The van der Waals surface area contributed by atoms with Gasteiger partial charge in [-0.3, -0.25) is 4.79 Å². The molecule has 0 aliphatic rings. The van der Waals surface area contributed by atoms with Crippen LogP contribution in [0.4, 0.5) is 8.78 Å². The third kappa shape index (κ3) is 1.65. The highest BCUT2D eigenvalue weighted by Gasteiger charge is 2.11. The van der Waals surface area contributed by atoms with Gasteiger partial charge in [0.1, 0.15) is 17.0 Å². The van der Waals surface area contributed by atoms with E-state index in [1.54, 1.807) is 0 Å². The fourth-order valence-electron chi connectivity index (χ4n) is 1.64. The summed E-state index contributed by atoms with van der Waals surface area (Å²) in [4.78, 5) is 17.6. The lowest BCUT2D eigenvalue weighted by molar-refractivity contribution is 0.591. The second-order valence-electron chi connectivity index (χ2n) is 3.68. The Morgan fingerprint density at radius 3 is 2.72 bits per heavy atom. The smallest absolute Gasteiger partial charge is 0.264 e. The highest BCUT2D eigenvalue weighted by atomic mass is 19.1. The summed E-state index contributed by atoms with van der Waals surface area (Å²) in [5.41, 5.74) is 0.243. The van der Waals surface area contributed by atoms with Crippen LogP contribution in [0.5, 0.6) is 0 Å². The molecule has 0 saturated heterocycles. The summed E-state index contributed by atoms with van der Waals surface area (Å²) >= 11 is 0. The van der Waals surface area contributed by atoms with Crippen molar-refractivity contribution in [1.82, 2.24) is 20.2 Å². The minimum absolute atomic E-state index is 0.0272. The number of H-pyrrole nitrogens is 2. The van der Waals surface area contributed by atoms with Gasteiger partial charge >= 0.3 is 0 Å². The molecule has 0 saturated carbocycles. The van der Waals surface area contributed by atoms with Crippen LogP contribution in [-0.2, 0) is 0 Å². The van der Waals surface area contributed by atoms with Gasteiger partial charge in [0.05, 0.1) is 5.52 Å². The van der Waals surface area contributed by atoms with E-state index in [0.29, 0.717) is 5.69 Å². The number of fused-ring (bicyclic) bond motifs is 1. The van der Waals surface area contributed by atoms with Crippen LogP contribution in [-0.4, -0.2) is 20.2 Å². The first-order chi connectivity index (χ1) is 8.63. The van der Waals surface area contributed by atoms with Crippen molar-refractivity contribution >= 4 is 11.0 Å². The van der Waals surface area contributed by atoms with Gasteiger partial charge in [-0.05, 0) is 12.1 Å². The number of imidazole rings is 1. The van der Waals surface area contributed by atoms with Crippen LogP contribution in [0.15, 0.2) is 29.1 Å². The zero-order valence-corrected chi connectivity index (χ0v) is 8.87. The van der Waals surface area contributed by atoms with Gasteiger partial charge in [0.2, 0.25) is 0 Å². The second kappa shape index (κ2) is 3.73. The van der Waals surface area contributed by atoms with E-state index in [1.807, 2.05) is 0 Å². The third-order valence-corrected chi connectivity index (χ3v) is 2.43. The summed E-state index contributed by atoms with van der Waals surface area (Å²) in [6, 6.07) is 4.60. The van der Waals surface area contributed by atoms with Crippen molar-refractivity contribution in [2.75, 3.05) is 0 Å². The number of hydrogen-bond acceptors (Lipinski definition) is 3. The molecule has 3 rings (SSSR count). The maximum Gasteiger partial charge on any atom is 0.264 e. The van der Waals surface area contributed by atoms with E-state index in [9.17, 15) is 13.6 Å². The van der Waals surface area contributed by atoms with E-state index in [1.165, 1.54) is 12.1 Å². The molecule has 0 radical (unpaired) electrons. The number of aromatic nitrogens is 4. The Labute approximate surface area is 98.5 Å². The summed E-state index contributed by atoms with van der Waals surface area (Å²) in [6.07, 6.45) is 0. The molecular weight excluding hydrogens is 242 g/mol. The Bertz CT molecular complexity index is 773. The number of benzene rings is 1. The van der Waals surface area contributed by atoms with Crippen LogP contribution in [0.1, 0.15) is 0 Å². The molecule has 5 nitrogen and oxygen atoms in total. The zero-order valence-electron chi connectivity index (χ0n) is 8.87. The average Bonchev–Trinajstić information content (AvgIpc) is 2.74. The number of nitrogens with one attached hydrogen (secondary N) is 2. The fraction of sp³-hybridized carbons (Fsp3) is 0. The highest BCUT2D eigenvalue weighted by Crippen LogP contribution is 2.21. The van der Waals surface area contributed by atoms with E-state index in [4.69, 9.17) is 0 Å². The lowest BCUT2D eigenvalue weighted by atomic mass is 10.3. The molecule has 3 aromatic rings. The summed E-state index contributed by atoms with van der Waals surface area (Å²) in [7, 11) is 0. The standard InChI is InChI=1S/C11H6F2N4O/c12-5-3-6(13)10-8(4-5)14-11(15-10)7-1-2-9(18)17-16-7/h1-4H,(H,14,15)(H,17,18). The molecule has 18 heavy (non-hydrogen) atoms. The van der Waals surface area contributed by atoms with E-state index >= 15 is 0 Å². The fourth-order valence-corrected chi connectivity index (χ4v) is 1.64. The van der Waals surface area contributed by atoms with Crippen molar-refractivity contribution in [1.29, 1.82) is 0 Å². The molecule has 0 aliphatic carbocycles. The van der Waals surface area contributed by atoms with Crippen molar-refractivity contribution in [2.24, 2.45) is 0 Å². The number of aromatic amines is 2. The number of rotatable bonds is 1. The highest BCUT2D eigenvalue weighted by molar-refractivity contribution is 5.79. The second-order valence-corrected chi connectivity index (χ2v) is 3.68. The van der Waals surface area contributed by atoms with E-state index < -0.39 is 11.6 Å². The average molecular weight is 248 g/mol. The topological polar surface area (TPSA) is 74.4 Å². The Morgan fingerprint density at radius 1 is 1.17 bits per heavy atom. The molecule has 2 heterocycles. The van der Waals surface area contributed by atoms with Crippen LogP contribution in [0.3, 0.4) is 0 Å². The molecule has 0 fully saturated rings. The van der Waals surface area contributed by atoms with Crippen molar-refractivity contribution in [3.8, 4) is 11.5 Å². The predicted molar refractivity (Wildman–Crippen MR) is 59.9 cm³/mol. The van der Waals surface area contributed by atoms with Crippen molar-refractivity contribution in [3.05, 3.63) is 46.3 Å². The van der Waals surface area contributed by atoms with Gasteiger partial charge in [-0.15, -0.1) is 0 Å². The van der Waals surface area contributed by atoms with Crippen LogP contribution < -0.4 is 5.56 Å². The van der Waals surface area contributed by atoms with E-state index in [0.717, 1.165) is 12.1 Å². The zero-order chi connectivity index (χ0) is 12.7. The molecule has 2 N–H and O–H groups in total. The van der Waals surface area contributed by atoms with Crippen LogP contribution in [0, 0.1) is 11.6 Å². The predicted octanol–water partition coefficient (Wildman–Crippen LogP) is 1.59. The van der Waals surface area contributed by atoms with Crippen LogP contribution in [0.25, 0.3) is 22.6 Å². The van der Waals surface area contributed by atoms with Gasteiger partial charge in [0.25, 0.3) is 5.56 Å². The maximum absolute atomic E-state index is 13.4. The number of nitrogens with zero attached hydrogens (tertiary/aromatic N) is 2. The molecule has 90 valence electrons. The third-order valence-electron chi connectivity index (χ3n) is 2.43. The molecule has 1 aromatic carbocycles. The lowest BCUT2D eigenvalue weighted by Crippen LogP contribution is -2.05. The molecule has 2 aromatic heterocycles. The first-order valence-corrected chi connectivity index (χ1v) is 5.04. The monoisotopic (exact) mass is 248 g/mol. The van der Waals surface area contributed by atoms with Crippen molar-refractivity contribution < 1.29 is 8.78 Å². The molecule has 0 spiro atoms. The summed E-state index contributed by atoms with van der Waals surface area (Å²) in [5, 5.41) is 5.98. The molecule has 0 amide bonds. The molecule has 7 heteroatoms. The Morgan fingerprint density at radius 2 is 2.00 bits per heavy atom. The largest absolute Gasteiger partial charge is 0.336 e. The molecular formula is C11H6F2N4O. The first kappa shape index (κ1) is 10.6. The maximum atomic E-state index is 13.4. The lowest BCUT2D eigenvalue weighted by Gasteiger charge is -1.91. The van der Waals surface area contributed by atoms with Gasteiger partial charge in [0, 0.05) is 12.1 Å². The normalized spacial score (nSPS) is 11.0. The Hall–Kier alpha value is -2.57. The Kier molecular flexibility index (Phi) is 2.19. The molecule has 0 aliphatic heterocycles. The first-order valence-electron chi connectivity index (χ1n) is 5.04. The SMILES string of the molecule is O=c1ccc(-c2nc3c(F)cc(F)cc3[nH]2)n[nH]1. The molecule has 0 bridgehead atoms. The summed E-state index contributed by atoms with van der Waals surface area (Å²) in [6.45, 7) is 0. The number of hydrogen-bond donors (Lipinski definition) is 2. The van der Waals surface area contributed by atoms with E-state index in [2.05, 4.69) is 20.2 Å². The van der Waals surface area contributed by atoms with Crippen molar-refractivity contribution in [3.63, 3.8) is 0 Å².